The van der Waals surface area contributed by atoms with Crippen molar-refractivity contribution in [2.24, 2.45) is 0 Å². The summed E-state index contributed by atoms with van der Waals surface area (Å²) in [6.45, 7) is 5.78. The highest BCUT2D eigenvalue weighted by Crippen LogP contribution is 2.41. The molecule has 2 heterocycles. The first-order valence-corrected chi connectivity index (χ1v) is 11.1. The number of carbonyl (C=O) groups is 1. The summed E-state index contributed by atoms with van der Waals surface area (Å²) in [5, 5.41) is 19.9. The Labute approximate surface area is 189 Å². The van der Waals surface area contributed by atoms with Crippen LogP contribution in [0.5, 0.6) is 23.1 Å². The number of phenols is 1. The fraction of sp³-hybridized carbons (Fsp3) is 0.333. The molecule has 0 amide bonds. The quantitative estimate of drug-likeness (QED) is 0.513. The molecule has 0 bridgehead atoms. The molecule has 0 fully saturated rings. The Morgan fingerprint density at radius 1 is 1.19 bits per heavy atom. The summed E-state index contributed by atoms with van der Waals surface area (Å²) < 4.78 is 12.0. The van der Waals surface area contributed by atoms with Crippen LogP contribution in [0, 0.1) is 13.8 Å². The Balaban J connectivity index is 1.37. The third kappa shape index (κ3) is 4.36. The topological polar surface area (TPSA) is 109 Å². The number of aromatic hydroxyl groups is 2. The molecule has 8 heteroatoms. The minimum atomic E-state index is -0.691. The van der Waals surface area contributed by atoms with E-state index >= 15 is 0 Å². The summed E-state index contributed by atoms with van der Waals surface area (Å²) in [5.74, 6) is 1.20. The normalized spacial score (nSPS) is 17.7. The second-order valence-corrected chi connectivity index (χ2v) is 9.47. The molecule has 1 unspecified atom stereocenters. The maximum absolute atomic E-state index is 12.8. The number of hydrogen-bond donors (Lipinski definition) is 3. The molecule has 0 saturated heterocycles. The van der Waals surface area contributed by atoms with Crippen LogP contribution in [0.25, 0.3) is 0 Å². The number of phenolic OH excluding ortho intramolecular Hbond substituents is 1. The average molecular weight is 456 g/mol. The molecule has 1 aromatic heterocycles. The van der Waals surface area contributed by atoms with E-state index in [0.717, 1.165) is 16.9 Å². The molecule has 4 rings (SSSR count). The van der Waals surface area contributed by atoms with Crippen molar-refractivity contribution >= 4 is 17.1 Å². The highest BCUT2D eigenvalue weighted by molar-refractivity contribution is 7.09. The molecule has 1 atom stereocenters. The Kier molecular flexibility index (Phi) is 5.73. The van der Waals surface area contributed by atoms with Crippen molar-refractivity contribution < 1.29 is 24.5 Å². The van der Waals surface area contributed by atoms with E-state index in [-0.39, 0.29) is 28.7 Å². The van der Waals surface area contributed by atoms with Crippen molar-refractivity contribution in [1.29, 1.82) is 0 Å². The predicted octanol–water partition coefficient (Wildman–Crippen LogP) is 4.25. The largest absolute Gasteiger partial charge is 0.507 e. The number of H-pyrrole nitrogens is 1. The van der Waals surface area contributed by atoms with Crippen LogP contribution >= 0.6 is 11.3 Å². The monoisotopic (exact) mass is 455 g/mol. The predicted molar refractivity (Wildman–Crippen MR) is 122 cm³/mol. The molecule has 0 aliphatic carbocycles. The lowest BCUT2D eigenvalue weighted by Crippen LogP contribution is -2.40. The molecule has 1 aliphatic rings. The van der Waals surface area contributed by atoms with Gasteiger partial charge in [0.2, 0.25) is 5.88 Å². The van der Waals surface area contributed by atoms with Crippen molar-refractivity contribution in [3.63, 3.8) is 0 Å². The van der Waals surface area contributed by atoms with E-state index in [9.17, 15) is 19.8 Å². The Morgan fingerprint density at radius 2 is 1.91 bits per heavy atom. The zero-order valence-electron chi connectivity index (χ0n) is 18.2. The molecule has 1 aliphatic heterocycles. The number of aromatic nitrogens is 1. The van der Waals surface area contributed by atoms with Gasteiger partial charge in [0.05, 0.1) is 23.5 Å². The van der Waals surface area contributed by atoms with E-state index in [1.807, 2.05) is 31.2 Å². The van der Waals surface area contributed by atoms with Crippen LogP contribution in [0.2, 0.25) is 0 Å². The van der Waals surface area contributed by atoms with Gasteiger partial charge in [-0.05, 0) is 50.1 Å². The van der Waals surface area contributed by atoms with E-state index < -0.39 is 5.60 Å². The number of hydrogen-bond acceptors (Lipinski definition) is 7. The second-order valence-electron chi connectivity index (χ2n) is 8.40. The van der Waals surface area contributed by atoms with Gasteiger partial charge in [0.1, 0.15) is 22.8 Å². The molecule has 3 aromatic rings. The number of carbonyl (C=O) groups excluding carboxylic acids is 1. The van der Waals surface area contributed by atoms with E-state index in [4.69, 9.17) is 9.47 Å². The van der Waals surface area contributed by atoms with Crippen LogP contribution in [-0.2, 0) is 6.42 Å². The van der Waals surface area contributed by atoms with Gasteiger partial charge >= 0.3 is 4.87 Å². The lowest BCUT2D eigenvalue weighted by Gasteiger charge is -2.35. The number of aryl methyl sites for hydroxylation is 1. The van der Waals surface area contributed by atoms with Crippen LogP contribution in [-0.4, -0.2) is 33.2 Å². The van der Waals surface area contributed by atoms with Gasteiger partial charge in [-0.2, -0.15) is 0 Å². The van der Waals surface area contributed by atoms with E-state index in [2.05, 4.69) is 4.98 Å². The number of nitrogens with one attached hydrogen (secondary N) is 1. The Bertz CT molecular complexity index is 1230. The number of fused-ring (bicyclic) bond motifs is 1. The van der Waals surface area contributed by atoms with Crippen LogP contribution in [0.15, 0.2) is 35.1 Å². The molecule has 32 heavy (non-hydrogen) atoms. The smallest absolute Gasteiger partial charge is 0.307 e. The molecule has 2 aromatic carbocycles. The molecular formula is C24H25NO6S. The van der Waals surface area contributed by atoms with E-state index in [0.29, 0.717) is 52.5 Å². The van der Waals surface area contributed by atoms with E-state index in [1.54, 1.807) is 19.9 Å². The third-order valence-corrected chi connectivity index (χ3v) is 6.63. The highest BCUT2D eigenvalue weighted by Gasteiger charge is 2.38. The van der Waals surface area contributed by atoms with Gasteiger partial charge in [-0.25, -0.2) is 0 Å². The summed E-state index contributed by atoms with van der Waals surface area (Å²) >= 11 is 0.993. The fourth-order valence-corrected chi connectivity index (χ4v) is 4.74. The molecule has 0 saturated carbocycles. The van der Waals surface area contributed by atoms with Crippen LogP contribution in [0.3, 0.4) is 0 Å². The first kappa shape index (κ1) is 22.0. The van der Waals surface area contributed by atoms with Gasteiger partial charge < -0.3 is 19.7 Å². The molecule has 3 N–H and O–H groups in total. The number of ketones is 1. The number of Topliss-reactive ketones (excluding diaryl/α,β-unsaturated/α-hetero) is 1. The number of benzene rings is 2. The SMILES string of the molecule is Cc1cc2c(c(C)c1O)C(=O)CC(C)(CCOc1ccc(Cc3sc(=O)[nH]c3O)cc1)O2. The fourth-order valence-electron chi connectivity index (χ4n) is 3.98. The second kappa shape index (κ2) is 8.35. The Hall–Kier alpha value is -3.26. The lowest BCUT2D eigenvalue weighted by atomic mass is 9.86. The molecule has 168 valence electrons. The van der Waals surface area contributed by atoms with Crippen LogP contribution in [0.1, 0.15) is 51.7 Å². The third-order valence-electron chi connectivity index (χ3n) is 5.76. The molecule has 0 radical (unpaired) electrons. The van der Waals surface area contributed by atoms with Crippen molar-refractivity contribution in [2.45, 2.75) is 45.6 Å². The minimum Gasteiger partial charge on any atom is -0.507 e. The number of aromatic amines is 1. The standard InChI is InChI=1S/C24H25NO6S/c1-13-10-18-20(14(2)21(13)27)17(26)12-24(3,31-18)8-9-30-16-6-4-15(5-7-16)11-19-22(28)25-23(29)32-19/h4-7,10,27-28H,8-9,11-12H2,1-3H3,(H,25,29). The summed E-state index contributed by atoms with van der Waals surface area (Å²) in [4.78, 5) is 26.7. The summed E-state index contributed by atoms with van der Waals surface area (Å²) in [5.41, 5.74) is 1.95. The van der Waals surface area contributed by atoms with Crippen LogP contribution in [0.4, 0.5) is 0 Å². The molecular weight excluding hydrogens is 430 g/mol. The lowest BCUT2D eigenvalue weighted by molar-refractivity contribution is 0.0379. The maximum Gasteiger partial charge on any atom is 0.307 e. The van der Waals surface area contributed by atoms with Gasteiger partial charge in [0, 0.05) is 18.4 Å². The van der Waals surface area contributed by atoms with Crippen molar-refractivity contribution in [2.75, 3.05) is 6.61 Å². The van der Waals surface area contributed by atoms with Crippen LogP contribution < -0.4 is 14.3 Å². The van der Waals surface area contributed by atoms with E-state index in [1.165, 1.54) is 0 Å². The first-order chi connectivity index (χ1) is 15.1. The highest BCUT2D eigenvalue weighted by atomic mass is 32.1. The first-order valence-electron chi connectivity index (χ1n) is 10.3. The van der Waals surface area contributed by atoms with Crippen molar-refractivity contribution in [1.82, 2.24) is 4.98 Å². The van der Waals surface area contributed by atoms with Gasteiger partial charge in [0.25, 0.3) is 0 Å². The summed E-state index contributed by atoms with van der Waals surface area (Å²) in [6, 6.07) is 9.15. The summed E-state index contributed by atoms with van der Waals surface area (Å²) in [7, 11) is 0. The zero-order chi connectivity index (χ0) is 23.0. The van der Waals surface area contributed by atoms with Gasteiger partial charge in [0.15, 0.2) is 5.78 Å². The Morgan fingerprint density at radius 3 is 2.56 bits per heavy atom. The number of ether oxygens (including phenoxy) is 2. The summed E-state index contributed by atoms with van der Waals surface area (Å²) in [6.07, 6.45) is 1.19. The van der Waals surface area contributed by atoms with Gasteiger partial charge in [-0.15, -0.1) is 0 Å². The number of thiazole rings is 1. The van der Waals surface area contributed by atoms with Crippen molar-refractivity contribution in [3.8, 4) is 23.1 Å². The maximum atomic E-state index is 12.8. The number of rotatable bonds is 6. The minimum absolute atomic E-state index is 0.0405. The zero-order valence-corrected chi connectivity index (χ0v) is 19.0. The van der Waals surface area contributed by atoms with Gasteiger partial charge in [-0.1, -0.05) is 23.5 Å². The van der Waals surface area contributed by atoms with Gasteiger partial charge in [-0.3, -0.25) is 14.6 Å². The molecule has 7 nitrogen and oxygen atoms in total. The molecule has 0 spiro atoms. The van der Waals surface area contributed by atoms with Crippen molar-refractivity contribution in [3.05, 3.63) is 67.1 Å². The average Bonchev–Trinajstić information content (AvgIpc) is 3.03.